The fourth-order valence-corrected chi connectivity index (χ4v) is 3.75. The van der Waals surface area contributed by atoms with Gasteiger partial charge in [-0.05, 0) is 73.2 Å². The minimum atomic E-state index is -0.378. The maximum atomic E-state index is 13.2. The summed E-state index contributed by atoms with van der Waals surface area (Å²) in [5.74, 6) is -0.748. The first kappa shape index (κ1) is 21.8. The Balaban J connectivity index is 2.49. The number of hydrogen-bond acceptors (Lipinski definition) is 4. The van der Waals surface area contributed by atoms with Crippen LogP contribution in [0, 0.1) is 0 Å². The summed E-state index contributed by atoms with van der Waals surface area (Å²) < 4.78 is 11.2. The van der Waals surface area contributed by atoms with E-state index in [2.05, 4.69) is 13.8 Å². The van der Waals surface area contributed by atoms with Crippen LogP contribution in [-0.4, -0.2) is 24.1 Å². The third-order valence-corrected chi connectivity index (χ3v) is 5.16. The second kappa shape index (κ2) is 8.86. The molecule has 0 aromatic heterocycles. The van der Waals surface area contributed by atoms with Gasteiger partial charge in [0.05, 0.1) is 23.3 Å². The van der Waals surface area contributed by atoms with Gasteiger partial charge in [-0.3, -0.25) is 0 Å². The second-order valence-electron chi connectivity index (χ2n) is 8.13. The van der Waals surface area contributed by atoms with E-state index in [0.717, 1.165) is 34.7 Å². The third-order valence-electron chi connectivity index (χ3n) is 5.16. The molecule has 0 fully saturated rings. The number of rotatable bonds is 6. The van der Waals surface area contributed by atoms with Gasteiger partial charge >= 0.3 is 11.9 Å². The highest BCUT2D eigenvalue weighted by Crippen LogP contribution is 2.36. The lowest BCUT2D eigenvalue weighted by Crippen LogP contribution is -2.16. The van der Waals surface area contributed by atoms with Crippen LogP contribution in [0.4, 0.5) is 0 Å². The highest BCUT2D eigenvalue weighted by Gasteiger charge is 2.25. The van der Waals surface area contributed by atoms with Crippen molar-refractivity contribution in [1.29, 1.82) is 0 Å². The molecule has 30 heavy (non-hydrogen) atoms. The van der Waals surface area contributed by atoms with Crippen LogP contribution in [-0.2, 0) is 22.3 Å². The van der Waals surface area contributed by atoms with Gasteiger partial charge in [0.15, 0.2) is 0 Å². The normalized spacial score (nSPS) is 11.5. The van der Waals surface area contributed by atoms with Gasteiger partial charge in [-0.25, -0.2) is 9.59 Å². The predicted molar refractivity (Wildman–Crippen MR) is 121 cm³/mol. The quantitative estimate of drug-likeness (QED) is 0.359. The lowest BCUT2D eigenvalue weighted by molar-refractivity contribution is 0.0368. The number of carbonyl (C=O) groups excluding carboxylic acids is 2. The molecule has 0 heterocycles. The summed E-state index contributed by atoms with van der Waals surface area (Å²) in [6, 6.07) is 11.8. The molecule has 0 saturated heterocycles. The van der Waals surface area contributed by atoms with E-state index in [1.54, 1.807) is 0 Å². The van der Waals surface area contributed by atoms with Crippen molar-refractivity contribution in [2.45, 2.75) is 66.6 Å². The molecule has 3 aromatic rings. The molecule has 4 heteroatoms. The van der Waals surface area contributed by atoms with Crippen LogP contribution < -0.4 is 0 Å². The lowest BCUT2D eigenvalue weighted by atomic mass is 9.89. The van der Waals surface area contributed by atoms with E-state index in [0.29, 0.717) is 21.9 Å². The van der Waals surface area contributed by atoms with Crippen LogP contribution in [0.1, 0.15) is 73.4 Å². The van der Waals surface area contributed by atoms with E-state index < -0.39 is 0 Å². The van der Waals surface area contributed by atoms with E-state index in [1.807, 2.05) is 64.1 Å². The topological polar surface area (TPSA) is 52.6 Å². The average Bonchev–Trinajstić information content (AvgIpc) is 2.69. The van der Waals surface area contributed by atoms with Crippen LogP contribution in [0.25, 0.3) is 21.5 Å². The zero-order valence-corrected chi connectivity index (χ0v) is 18.7. The molecule has 0 bridgehead atoms. The van der Waals surface area contributed by atoms with Gasteiger partial charge in [0.25, 0.3) is 0 Å². The highest BCUT2D eigenvalue weighted by atomic mass is 16.5. The molecule has 0 saturated carbocycles. The molecule has 0 spiro atoms. The SMILES string of the molecule is CCc1ccc2c(C(=O)OC(C)C)c3ccc(CC)cc3c(C(=O)OC(C)C)c2c1. The van der Waals surface area contributed by atoms with Crippen molar-refractivity contribution in [3.63, 3.8) is 0 Å². The molecular formula is C26H30O4. The molecular weight excluding hydrogens is 376 g/mol. The van der Waals surface area contributed by atoms with Gasteiger partial charge in [0.1, 0.15) is 0 Å². The number of ether oxygens (including phenoxy) is 2. The Morgan fingerprint density at radius 3 is 1.37 bits per heavy atom. The molecule has 0 aliphatic carbocycles. The molecule has 3 aromatic carbocycles. The van der Waals surface area contributed by atoms with Crippen molar-refractivity contribution in [3.05, 3.63) is 58.7 Å². The molecule has 0 radical (unpaired) electrons. The van der Waals surface area contributed by atoms with Crippen LogP contribution in [0.3, 0.4) is 0 Å². The van der Waals surface area contributed by atoms with E-state index in [1.165, 1.54) is 0 Å². The van der Waals surface area contributed by atoms with Gasteiger partial charge in [0.2, 0.25) is 0 Å². The Morgan fingerprint density at radius 2 is 1.03 bits per heavy atom. The molecule has 158 valence electrons. The van der Waals surface area contributed by atoms with Crippen molar-refractivity contribution in [1.82, 2.24) is 0 Å². The zero-order chi connectivity index (χ0) is 22.0. The molecule has 0 amide bonds. The van der Waals surface area contributed by atoms with Gasteiger partial charge in [-0.15, -0.1) is 0 Å². The summed E-state index contributed by atoms with van der Waals surface area (Å²) in [6.45, 7) is 11.5. The van der Waals surface area contributed by atoms with Crippen molar-refractivity contribution >= 4 is 33.5 Å². The number of hydrogen-bond donors (Lipinski definition) is 0. The predicted octanol–water partition coefficient (Wildman–Crippen LogP) is 6.25. The van der Waals surface area contributed by atoms with Gasteiger partial charge < -0.3 is 9.47 Å². The summed E-state index contributed by atoms with van der Waals surface area (Å²) >= 11 is 0. The zero-order valence-electron chi connectivity index (χ0n) is 18.7. The molecule has 0 N–H and O–H groups in total. The minimum Gasteiger partial charge on any atom is -0.459 e. The van der Waals surface area contributed by atoms with E-state index in [4.69, 9.17) is 9.47 Å². The maximum Gasteiger partial charge on any atom is 0.339 e. The minimum absolute atomic E-state index is 0.238. The lowest BCUT2D eigenvalue weighted by Gasteiger charge is -2.18. The highest BCUT2D eigenvalue weighted by molar-refractivity contribution is 6.24. The number of fused-ring (bicyclic) bond motifs is 2. The standard InChI is InChI=1S/C26H30O4/c1-7-17-9-11-19-21(13-17)24(26(28)30-16(5)6)22-14-18(8-2)10-12-20(22)23(19)25(27)29-15(3)4/h9-16H,7-8H2,1-6H3. The molecule has 4 nitrogen and oxygen atoms in total. The molecule has 0 aliphatic heterocycles. The largest absolute Gasteiger partial charge is 0.459 e. The molecule has 0 unspecified atom stereocenters. The van der Waals surface area contributed by atoms with Crippen molar-refractivity contribution in [3.8, 4) is 0 Å². The van der Waals surface area contributed by atoms with Crippen LogP contribution in [0.15, 0.2) is 36.4 Å². The van der Waals surface area contributed by atoms with Crippen LogP contribution >= 0.6 is 0 Å². The maximum absolute atomic E-state index is 13.2. The fourth-order valence-electron chi connectivity index (χ4n) is 3.75. The van der Waals surface area contributed by atoms with E-state index >= 15 is 0 Å². The summed E-state index contributed by atoms with van der Waals surface area (Å²) in [5, 5.41) is 2.89. The Morgan fingerprint density at radius 1 is 0.667 bits per heavy atom. The van der Waals surface area contributed by atoms with Gasteiger partial charge in [0, 0.05) is 0 Å². The second-order valence-corrected chi connectivity index (χ2v) is 8.13. The Kier molecular flexibility index (Phi) is 6.45. The van der Waals surface area contributed by atoms with Gasteiger partial charge in [-0.2, -0.15) is 0 Å². The number of aryl methyl sites for hydroxylation is 2. The number of benzene rings is 3. The molecule has 0 atom stereocenters. The summed E-state index contributed by atoms with van der Waals surface area (Å²) in [5.41, 5.74) is 3.20. The number of esters is 2. The third kappa shape index (κ3) is 4.18. The fraction of sp³-hybridized carbons (Fsp3) is 0.385. The first-order valence-electron chi connectivity index (χ1n) is 10.7. The van der Waals surface area contributed by atoms with E-state index in [9.17, 15) is 9.59 Å². The van der Waals surface area contributed by atoms with Crippen molar-refractivity contribution in [2.24, 2.45) is 0 Å². The molecule has 3 rings (SSSR count). The monoisotopic (exact) mass is 406 g/mol. The first-order valence-corrected chi connectivity index (χ1v) is 10.7. The molecule has 0 aliphatic rings. The first-order chi connectivity index (χ1) is 14.3. The Hall–Kier alpha value is -2.88. The summed E-state index contributed by atoms with van der Waals surface area (Å²) in [6.07, 6.45) is 1.18. The average molecular weight is 407 g/mol. The van der Waals surface area contributed by atoms with Crippen LogP contribution in [0.2, 0.25) is 0 Å². The van der Waals surface area contributed by atoms with Crippen molar-refractivity contribution in [2.75, 3.05) is 0 Å². The van der Waals surface area contributed by atoms with Crippen LogP contribution in [0.5, 0.6) is 0 Å². The Bertz CT molecular complexity index is 1040. The van der Waals surface area contributed by atoms with Crippen molar-refractivity contribution < 1.29 is 19.1 Å². The summed E-state index contributed by atoms with van der Waals surface area (Å²) in [7, 11) is 0. The smallest absolute Gasteiger partial charge is 0.339 e. The Labute approximate surface area is 178 Å². The summed E-state index contributed by atoms with van der Waals surface area (Å²) in [4.78, 5) is 26.3. The van der Waals surface area contributed by atoms with E-state index in [-0.39, 0.29) is 24.1 Å². The van der Waals surface area contributed by atoms with Gasteiger partial charge in [-0.1, -0.05) is 50.2 Å². The number of carbonyl (C=O) groups is 2.